The molecule has 0 spiro atoms. The van der Waals surface area contributed by atoms with Crippen LogP contribution >= 0.6 is 11.6 Å². The molecule has 0 radical (unpaired) electrons. The minimum absolute atomic E-state index is 0.426. The van der Waals surface area contributed by atoms with E-state index in [1.165, 1.54) is 12.5 Å². The minimum atomic E-state index is 0.426. The SMILES string of the molecule is Clc1cncc2nnc(-c3ccon3)n12. The first kappa shape index (κ1) is 8.37. The fourth-order valence-electron chi connectivity index (χ4n) is 1.31. The van der Waals surface area contributed by atoms with E-state index in [0.717, 1.165) is 0 Å². The predicted octanol–water partition coefficient (Wildman–Crippen LogP) is 1.43. The first-order valence-corrected chi connectivity index (χ1v) is 4.49. The van der Waals surface area contributed by atoms with Gasteiger partial charge < -0.3 is 4.52 Å². The highest BCUT2D eigenvalue weighted by atomic mass is 35.5. The summed E-state index contributed by atoms with van der Waals surface area (Å²) in [6.07, 6.45) is 4.55. The van der Waals surface area contributed by atoms with E-state index in [2.05, 4.69) is 20.3 Å². The molecule has 0 aromatic carbocycles. The Bertz CT molecular complexity index is 603. The van der Waals surface area contributed by atoms with Crippen molar-refractivity contribution in [2.24, 2.45) is 0 Å². The number of nitrogens with zero attached hydrogens (tertiary/aromatic N) is 5. The lowest BCUT2D eigenvalue weighted by Crippen LogP contribution is -1.92. The van der Waals surface area contributed by atoms with Crippen LogP contribution in [-0.2, 0) is 0 Å². The first-order valence-electron chi connectivity index (χ1n) is 4.11. The monoisotopic (exact) mass is 221 g/mol. The molecule has 0 aliphatic rings. The van der Waals surface area contributed by atoms with Crippen LogP contribution in [0.15, 0.2) is 29.2 Å². The lowest BCUT2D eigenvalue weighted by atomic mass is 10.4. The third-order valence-corrected chi connectivity index (χ3v) is 2.21. The summed E-state index contributed by atoms with van der Waals surface area (Å²) < 4.78 is 6.38. The van der Waals surface area contributed by atoms with E-state index in [9.17, 15) is 0 Å². The van der Waals surface area contributed by atoms with Gasteiger partial charge in [-0.3, -0.25) is 9.38 Å². The second-order valence-corrected chi connectivity index (χ2v) is 3.22. The van der Waals surface area contributed by atoms with Gasteiger partial charge >= 0.3 is 0 Å². The van der Waals surface area contributed by atoms with Crippen molar-refractivity contribution in [3.05, 3.63) is 29.9 Å². The Morgan fingerprint density at radius 3 is 3.00 bits per heavy atom. The summed E-state index contributed by atoms with van der Waals surface area (Å²) in [5.41, 5.74) is 1.15. The zero-order valence-electron chi connectivity index (χ0n) is 7.33. The van der Waals surface area contributed by atoms with Gasteiger partial charge in [0.15, 0.2) is 17.2 Å². The highest BCUT2D eigenvalue weighted by Crippen LogP contribution is 2.19. The average Bonchev–Trinajstić information content (AvgIpc) is 2.85. The van der Waals surface area contributed by atoms with Gasteiger partial charge in [0.05, 0.1) is 12.4 Å². The van der Waals surface area contributed by atoms with Crippen LogP contribution in [0.5, 0.6) is 0 Å². The number of hydrogen-bond acceptors (Lipinski definition) is 5. The van der Waals surface area contributed by atoms with Gasteiger partial charge in [0.25, 0.3) is 0 Å². The molecule has 0 unspecified atom stereocenters. The number of aromatic nitrogens is 5. The molecular weight excluding hydrogens is 218 g/mol. The lowest BCUT2D eigenvalue weighted by molar-refractivity contribution is 0.421. The Hall–Kier alpha value is -1.95. The Labute approximate surface area is 88.5 Å². The van der Waals surface area contributed by atoms with Crippen molar-refractivity contribution in [1.82, 2.24) is 24.7 Å². The molecule has 0 bridgehead atoms. The molecule has 15 heavy (non-hydrogen) atoms. The highest BCUT2D eigenvalue weighted by Gasteiger charge is 2.12. The quantitative estimate of drug-likeness (QED) is 0.622. The zero-order chi connectivity index (χ0) is 10.3. The summed E-state index contributed by atoms with van der Waals surface area (Å²) in [5, 5.41) is 12.1. The molecule has 3 aromatic heterocycles. The molecule has 0 aliphatic carbocycles. The van der Waals surface area contributed by atoms with E-state index >= 15 is 0 Å². The van der Waals surface area contributed by atoms with Crippen molar-refractivity contribution in [3.63, 3.8) is 0 Å². The molecule has 6 nitrogen and oxygen atoms in total. The predicted molar refractivity (Wildman–Crippen MR) is 51.3 cm³/mol. The standard InChI is InChI=1S/C8H4ClN5O/c9-6-3-10-4-7-11-12-8(14(6)7)5-1-2-15-13-5/h1-4H. The number of fused-ring (bicyclic) bond motifs is 1. The van der Waals surface area contributed by atoms with E-state index in [-0.39, 0.29) is 0 Å². The second kappa shape index (κ2) is 3.03. The van der Waals surface area contributed by atoms with Gasteiger partial charge in [-0.1, -0.05) is 16.8 Å². The molecule has 74 valence electrons. The van der Waals surface area contributed by atoms with Crippen LogP contribution in [0.3, 0.4) is 0 Å². The molecule has 0 N–H and O–H groups in total. The summed E-state index contributed by atoms with van der Waals surface area (Å²) in [6.45, 7) is 0. The second-order valence-electron chi connectivity index (χ2n) is 2.83. The van der Waals surface area contributed by atoms with Crippen molar-refractivity contribution < 1.29 is 4.52 Å². The highest BCUT2D eigenvalue weighted by molar-refractivity contribution is 6.29. The first-order chi connectivity index (χ1) is 7.36. The summed E-state index contributed by atoms with van der Waals surface area (Å²) in [7, 11) is 0. The maximum atomic E-state index is 5.98. The molecule has 0 fully saturated rings. The summed E-state index contributed by atoms with van der Waals surface area (Å²) in [4.78, 5) is 3.91. The van der Waals surface area contributed by atoms with Gasteiger partial charge in [0.1, 0.15) is 11.4 Å². The van der Waals surface area contributed by atoms with Crippen LogP contribution in [0, 0.1) is 0 Å². The normalized spacial score (nSPS) is 11.0. The largest absolute Gasteiger partial charge is 0.364 e. The molecular formula is C8H4ClN5O. The van der Waals surface area contributed by atoms with E-state index in [0.29, 0.717) is 22.3 Å². The van der Waals surface area contributed by atoms with Crippen molar-refractivity contribution in [3.8, 4) is 11.5 Å². The third kappa shape index (κ3) is 1.18. The Kier molecular flexibility index (Phi) is 1.69. The number of rotatable bonds is 1. The summed E-state index contributed by atoms with van der Waals surface area (Å²) in [5.74, 6) is 0.533. The number of halogens is 1. The Morgan fingerprint density at radius 2 is 2.20 bits per heavy atom. The Balaban J connectivity index is 2.37. The molecule has 0 amide bonds. The van der Waals surface area contributed by atoms with Crippen molar-refractivity contribution >= 4 is 17.2 Å². The van der Waals surface area contributed by atoms with Crippen LogP contribution in [0.4, 0.5) is 0 Å². The fourth-order valence-corrected chi connectivity index (χ4v) is 1.53. The Morgan fingerprint density at radius 1 is 1.27 bits per heavy atom. The van der Waals surface area contributed by atoms with Gasteiger partial charge in [0.2, 0.25) is 0 Å². The minimum Gasteiger partial charge on any atom is -0.364 e. The van der Waals surface area contributed by atoms with E-state index < -0.39 is 0 Å². The maximum Gasteiger partial charge on any atom is 0.191 e. The zero-order valence-corrected chi connectivity index (χ0v) is 8.09. The van der Waals surface area contributed by atoms with Gasteiger partial charge in [0, 0.05) is 6.07 Å². The summed E-state index contributed by atoms with van der Waals surface area (Å²) >= 11 is 5.98. The van der Waals surface area contributed by atoms with Crippen LogP contribution in [0.1, 0.15) is 0 Å². The molecule has 3 heterocycles. The maximum absolute atomic E-state index is 5.98. The van der Waals surface area contributed by atoms with Crippen LogP contribution in [-0.4, -0.2) is 24.7 Å². The molecule has 0 aliphatic heterocycles. The van der Waals surface area contributed by atoms with Crippen LogP contribution in [0.25, 0.3) is 17.2 Å². The van der Waals surface area contributed by atoms with E-state index in [4.69, 9.17) is 16.1 Å². The van der Waals surface area contributed by atoms with Crippen molar-refractivity contribution in [1.29, 1.82) is 0 Å². The lowest BCUT2D eigenvalue weighted by Gasteiger charge is -1.97. The van der Waals surface area contributed by atoms with Crippen LogP contribution < -0.4 is 0 Å². The summed E-state index contributed by atoms with van der Waals surface area (Å²) in [6, 6.07) is 1.69. The fraction of sp³-hybridized carbons (Fsp3) is 0. The molecule has 0 atom stereocenters. The van der Waals surface area contributed by atoms with Gasteiger partial charge in [-0.05, 0) is 0 Å². The molecule has 3 rings (SSSR count). The molecule has 0 saturated carbocycles. The molecule has 7 heteroatoms. The number of hydrogen-bond donors (Lipinski definition) is 0. The van der Waals surface area contributed by atoms with E-state index in [1.807, 2.05) is 0 Å². The molecule has 3 aromatic rings. The smallest absolute Gasteiger partial charge is 0.191 e. The third-order valence-electron chi connectivity index (χ3n) is 1.94. The molecule has 0 saturated heterocycles. The van der Waals surface area contributed by atoms with Gasteiger partial charge in [-0.2, -0.15) is 0 Å². The van der Waals surface area contributed by atoms with Crippen LogP contribution in [0.2, 0.25) is 5.15 Å². The topological polar surface area (TPSA) is 69.1 Å². The van der Waals surface area contributed by atoms with Crippen molar-refractivity contribution in [2.75, 3.05) is 0 Å². The van der Waals surface area contributed by atoms with Gasteiger partial charge in [-0.25, -0.2) is 0 Å². The van der Waals surface area contributed by atoms with E-state index in [1.54, 1.807) is 16.7 Å². The van der Waals surface area contributed by atoms with Crippen molar-refractivity contribution in [2.45, 2.75) is 0 Å². The van der Waals surface area contributed by atoms with Gasteiger partial charge in [-0.15, -0.1) is 10.2 Å². The average molecular weight is 222 g/mol.